The van der Waals surface area contributed by atoms with Crippen molar-refractivity contribution in [2.24, 2.45) is 0 Å². The molecule has 1 aromatic rings. The lowest BCUT2D eigenvalue weighted by atomic mass is 10.1. The van der Waals surface area contributed by atoms with Gasteiger partial charge in [-0.25, -0.2) is 13.8 Å². The van der Waals surface area contributed by atoms with Gasteiger partial charge in [0.05, 0.1) is 23.6 Å². The molecule has 0 aliphatic rings. The van der Waals surface area contributed by atoms with Crippen LogP contribution in [0.15, 0.2) is 6.07 Å². The van der Waals surface area contributed by atoms with Gasteiger partial charge in [-0.15, -0.1) is 11.6 Å². The molecule has 0 aliphatic heterocycles. The first kappa shape index (κ1) is 13.3. The Kier molecular flexibility index (Phi) is 4.35. The van der Waals surface area contributed by atoms with Gasteiger partial charge in [0.15, 0.2) is 0 Å². The molecule has 4 nitrogen and oxygen atoms in total. The highest BCUT2D eigenvalue weighted by molar-refractivity contribution is 6.17. The summed E-state index contributed by atoms with van der Waals surface area (Å²) in [6, 6.07) is 2.51. The zero-order chi connectivity index (χ0) is 13.0. The number of aromatic nitrogens is 1. The van der Waals surface area contributed by atoms with Gasteiger partial charge < -0.3 is 5.11 Å². The second-order valence-corrected chi connectivity index (χ2v) is 3.42. The summed E-state index contributed by atoms with van der Waals surface area (Å²) in [6.45, 7) is 0. The summed E-state index contributed by atoms with van der Waals surface area (Å²) in [5.74, 6) is -1.32. The predicted octanol–water partition coefficient (Wildman–Crippen LogP) is 2.26. The van der Waals surface area contributed by atoms with Crippen LogP contribution >= 0.6 is 11.6 Å². The third-order valence-electron chi connectivity index (χ3n) is 2.03. The van der Waals surface area contributed by atoms with E-state index in [1.165, 1.54) is 6.07 Å². The Hall–Kier alpha value is -1.74. The molecule has 0 amide bonds. The van der Waals surface area contributed by atoms with Crippen molar-refractivity contribution in [1.29, 1.82) is 5.26 Å². The first-order chi connectivity index (χ1) is 7.99. The number of carbonyl (C=O) groups is 1. The number of hydrogen-bond donors (Lipinski definition) is 1. The Labute approximate surface area is 100 Å². The fourth-order valence-electron chi connectivity index (χ4n) is 1.30. The largest absolute Gasteiger partial charge is 0.481 e. The van der Waals surface area contributed by atoms with Gasteiger partial charge in [0.25, 0.3) is 6.43 Å². The fourth-order valence-corrected chi connectivity index (χ4v) is 1.53. The van der Waals surface area contributed by atoms with Crippen molar-refractivity contribution in [1.82, 2.24) is 4.98 Å². The van der Waals surface area contributed by atoms with E-state index in [-0.39, 0.29) is 17.1 Å². The topological polar surface area (TPSA) is 74.0 Å². The number of rotatable bonds is 4. The van der Waals surface area contributed by atoms with Crippen LogP contribution in [0.3, 0.4) is 0 Å². The monoisotopic (exact) mass is 260 g/mol. The number of nitriles is 1. The third kappa shape index (κ3) is 3.11. The number of carboxylic acid groups (broad SMARTS) is 1. The first-order valence-electron chi connectivity index (χ1n) is 4.48. The molecule has 1 rings (SSSR count). The van der Waals surface area contributed by atoms with Gasteiger partial charge in [0.1, 0.15) is 11.8 Å². The van der Waals surface area contributed by atoms with Crippen LogP contribution in [0.4, 0.5) is 8.78 Å². The summed E-state index contributed by atoms with van der Waals surface area (Å²) < 4.78 is 25.2. The highest BCUT2D eigenvalue weighted by atomic mass is 35.5. The molecule has 0 bridgehead atoms. The van der Waals surface area contributed by atoms with Crippen LogP contribution in [-0.2, 0) is 17.1 Å². The van der Waals surface area contributed by atoms with E-state index < -0.39 is 30.1 Å². The molecule has 0 unspecified atom stereocenters. The SMILES string of the molecule is N#Cc1nc(CCl)c(CC(=O)O)cc1C(F)F. The van der Waals surface area contributed by atoms with E-state index in [1.807, 2.05) is 0 Å². The zero-order valence-corrected chi connectivity index (χ0v) is 9.21. The minimum atomic E-state index is -2.88. The maximum atomic E-state index is 12.6. The molecule has 0 aliphatic carbocycles. The summed E-state index contributed by atoms with van der Waals surface area (Å²) in [5, 5.41) is 17.3. The van der Waals surface area contributed by atoms with Gasteiger partial charge in [-0.05, 0) is 11.6 Å². The van der Waals surface area contributed by atoms with Crippen LogP contribution < -0.4 is 0 Å². The van der Waals surface area contributed by atoms with E-state index in [4.69, 9.17) is 22.0 Å². The van der Waals surface area contributed by atoms with Crippen molar-refractivity contribution in [3.05, 3.63) is 28.6 Å². The van der Waals surface area contributed by atoms with Gasteiger partial charge in [-0.1, -0.05) is 0 Å². The van der Waals surface area contributed by atoms with Crippen molar-refractivity contribution in [2.45, 2.75) is 18.7 Å². The number of halogens is 3. The fraction of sp³-hybridized carbons (Fsp3) is 0.300. The van der Waals surface area contributed by atoms with Gasteiger partial charge in [-0.3, -0.25) is 4.79 Å². The number of pyridine rings is 1. The van der Waals surface area contributed by atoms with Crippen molar-refractivity contribution < 1.29 is 18.7 Å². The molecular formula is C10H7ClF2N2O2. The molecule has 7 heteroatoms. The van der Waals surface area contributed by atoms with E-state index in [0.717, 1.165) is 6.07 Å². The van der Waals surface area contributed by atoms with Gasteiger partial charge in [0.2, 0.25) is 0 Å². The Bertz CT molecular complexity index is 486. The summed E-state index contributed by atoms with van der Waals surface area (Å²) in [7, 11) is 0. The van der Waals surface area contributed by atoms with Crippen molar-refractivity contribution in [3.63, 3.8) is 0 Å². The molecule has 0 radical (unpaired) electrons. The van der Waals surface area contributed by atoms with E-state index >= 15 is 0 Å². The van der Waals surface area contributed by atoms with Gasteiger partial charge >= 0.3 is 5.97 Å². The number of aliphatic carboxylic acids is 1. The van der Waals surface area contributed by atoms with Gasteiger partial charge in [0, 0.05) is 0 Å². The molecule has 17 heavy (non-hydrogen) atoms. The number of hydrogen-bond acceptors (Lipinski definition) is 3. The lowest BCUT2D eigenvalue weighted by molar-refractivity contribution is -0.136. The van der Waals surface area contributed by atoms with Crippen LogP contribution in [-0.4, -0.2) is 16.1 Å². The van der Waals surface area contributed by atoms with Crippen LogP contribution in [0.2, 0.25) is 0 Å². The number of carboxylic acids is 1. The van der Waals surface area contributed by atoms with E-state index in [9.17, 15) is 13.6 Å². The average molecular weight is 261 g/mol. The normalized spacial score (nSPS) is 10.3. The van der Waals surface area contributed by atoms with E-state index in [2.05, 4.69) is 4.98 Å². The molecule has 1 heterocycles. The quantitative estimate of drug-likeness (QED) is 0.843. The molecule has 0 saturated heterocycles. The molecule has 0 saturated carbocycles. The predicted molar refractivity (Wildman–Crippen MR) is 54.8 cm³/mol. The van der Waals surface area contributed by atoms with Crippen LogP contribution in [0.25, 0.3) is 0 Å². The summed E-state index contributed by atoms with van der Waals surface area (Å²) in [6.07, 6.45) is -3.34. The second-order valence-electron chi connectivity index (χ2n) is 3.15. The highest BCUT2D eigenvalue weighted by Crippen LogP contribution is 2.25. The van der Waals surface area contributed by atoms with E-state index in [0.29, 0.717) is 0 Å². The lowest BCUT2D eigenvalue weighted by Crippen LogP contribution is -2.08. The van der Waals surface area contributed by atoms with Crippen LogP contribution in [0.1, 0.15) is 28.9 Å². The summed E-state index contributed by atoms with van der Waals surface area (Å²) in [5.41, 5.74) is -0.765. The Morgan fingerprint density at radius 3 is 2.71 bits per heavy atom. The van der Waals surface area contributed by atoms with Gasteiger partial charge in [-0.2, -0.15) is 5.26 Å². The first-order valence-corrected chi connectivity index (χ1v) is 5.01. The number of alkyl halides is 3. The molecule has 0 atom stereocenters. The molecule has 90 valence electrons. The number of nitrogens with zero attached hydrogens (tertiary/aromatic N) is 2. The maximum absolute atomic E-state index is 12.6. The Morgan fingerprint density at radius 2 is 2.29 bits per heavy atom. The molecular weight excluding hydrogens is 254 g/mol. The second kappa shape index (κ2) is 5.55. The molecule has 1 N–H and O–H groups in total. The Balaban J connectivity index is 3.34. The van der Waals surface area contributed by atoms with Crippen LogP contribution in [0, 0.1) is 11.3 Å². The minimum Gasteiger partial charge on any atom is -0.481 e. The van der Waals surface area contributed by atoms with Crippen molar-refractivity contribution in [3.8, 4) is 6.07 Å². The minimum absolute atomic E-state index is 0.0989. The smallest absolute Gasteiger partial charge is 0.307 e. The molecule has 0 spiro atoms. The van der Waals surface area contributed by atoms with E-state index in [1.54, 1.807) is 0 Å². The summed E-state index contributed by atoms with van der Waals surface area (Å²) in [4.78, 5) is 14.2. The molecule has 1 aromatic heterocycles. The lowest BCUT2D eigenvalue weighted by Gasteiger charge is -2.09. The maximum Gasteiger partial charge on any atom is 0.307 e. The van der Waals surface area contributed by atoms with Crippen molar-refractivity contribution >= 4 is 17.6 Å². The zero-order valence-electron chi connectivity index (χ0n) is 8.45. The third-order valence-corrected chi connectivity index (χ3v) is 2.28. The molecule has 0 fully saturated rings. The van der Waals surface area contributed by atoms with Crippen LogP contribution in [0.5, 0.6) is 0 Å². The molecule has 0 aromatic carbocycles. The average Bonchev–Trinajstić information content (AvgIpc) is 2.27. The Morgan fingerprint density at radius 1 is 1.65 bits per heavy atom. The standard InChI is InChI=1S/C10H7ClF2N2O2/c11-3-7-5(2-9(16)17)1-6(10(12)13)8(4-14)15-7/h1,10H,2-3H2,(H,16,17). The highest BCUT2D eigenvalue weighted by Gasteiger charge is 2.19. The van der Waals surface area contributed by atoms with Crippen molar-refractivity contribution in [2.75, 3.05) is 0 Å². The summed E-state index contributed by atoms with van der Waals surface area (Å²) >= 11 is 5.52.